The number of imidazole rings is 1. The Morgan fingerprint density at radius 2 is 2.06 bits per heavy atom. The highest BCUT2D eigenvalue weighted by Gasteiger charge is 2.05. The first-order valence-electron chi connectivity index (χ1n) is 5.63. The Hall–Kier alpha value is -2.36. The second kappa shape index (κ2) is 4.14. The molecule has 3 aromatic rings. The number of H-pyrrole nitrogens is 1. The zero-order valence-corrected chi connectivity index (χ0v) is 9.52. The Bertz CT molecular complexity index is 706. The first-order valence-corrected chi connectivity index (χ1v) is 5.63. The molecule has 3 nitrogen and oxygen atoms in total. The van der Waals surface area contributed by atoms with Crippen molar-refractivity contribution in [1.82, 2.24) is 9.97 Å². The molecule has 1 aromatic heterocycles. The molecule has 0 unspecified atom stereocenters. The number of halogens is 1. The highest BCUT2D eigenvalue weighted by Crippen LogP contribution is 2.17. The minimum Gasteiger partial charge on any atom is -0.508 e. The summed E-state index contributed by atoms with van der Waals surface area (Å²) in [5.74, 6) is 0.700. The third kappa shape index (κ3) is 2.05. The number of benzene rings is 2. The third-order valence-electron chi connectivity index (χ3n) is 2.78. The van der Waals surface area contributed by atoms with E-state index in [9.17, 15) is 9.50 Å². The van der Waals surface area contributed by atoms with Crippen molar-refractivity contribution in [3.63, 3.8) is 0 Å². The van der Waals surface area contributed by atoms with Crippen molar-refractivity contribution < 1.29 is 9.50 Å². The summed E-state index contributed by atoms with van der Waals surface area (Å²) >= 11 is 0. The molecule has 0 bridgehead atoms. The Morgan fingerprint density at radius 1 is 1.17 bits per heavy atom. The number of nitrogens with zero attached hydrogens (tertiary/aromatic N) is 1. The Kier molecular flexibility index (Phi) is 2.48. The van der Waals surface area contributed by atoms with Crippen LogP contribution in [0.2, 0.25) is 0 Å². The quantitative estimate of drug-likeness (QED) is 0.725. The zero-order chi connectivity index (χ0) is 12.5. The maximum absolute atomic E-state index is 13.0. The second-order valence-electron chi connectivity index (χ2n) is 4.19. The predicted molar refractivity (Wildman–Crippen MR) is 67.0 cm³/mol. The van der Waals surface area contributed by atoms with Gasteiger partial charge in [0.2, 0.25) is 0 Å². The first-order chi connectivity index (χ1) is 8.70. The number of phenolic OH excluding ortho intramolecular Hbond substituents is 1. The molecule has 90 valence electrons. The van der Waals surface area contributed by atoms with E-state index in [-0.39, 0.29) is 11.6 Å². The van der Waals surface area contributed by atoms with Gasteiger partial charge in [0.15, 0.2) is 0 Å². The first kappa shape index (κ1) is 10.8. The molecule has 4 heteroatoms. The van der Waals surface area contributed by atoms with E-state index < -0.39 is 0 Å². The molecule has 0 aliphatic rings. The SMILES string of the molecule is Oc1cccc(Cc2nc3ccc(F)cc3[nH]2)c1. The Morgan fingerprint density at radius 3 is 2.89 bits per heavy atom. The summed E-state index contributed by atoms with van der Waals surface area (Å²) in [5, 5.41) is 9.39. The molecule has 0 aliphatic heterocycles. The third-order valence-corrected chi connectivity index (χ3v) is 2.78. The number of hydrogen-bond donors (Lipinski definition) is 2. The highest BCUT2D eigenvalue weighted by atomic mass is 19.1. The van der Waals surface area contributed by atoms with Gasteiger partial charge in [-0.1, -0.05) is 12.1 Å². The van der Waals surface area contributed by atoms with Gasteiger partial charge >= 0.3 is 0 Å². The summed E-state index contributed by atoms with van der Waals surface area (Å²) in [6.45, 7) is 0. The molecule has 0 radical (unpaired) electrons. The molecule has 18 heavy (non-hydrogen) atoms. The predicted octanol–water partition coefficient (Wildman–Crippen LogP) is 3.00. The summed E-state index contributed by atoms with van der Waals surface area (Å²) in [6.07, 6.45) is 0.574. The molecule has 0 fully saturated rings. The monoisotopic (exact) mass is 242 g/mol. The number of aromatic hydroxyl groups is 1. The van der Waals surface area contributed by atoms with Crippen LogP contribution in [0.15, 0.2) is 42.5 Å². The van der Waals surface area contributed by atoms with E-state index >= 15 is 0 Å². The van der Waals surface area contributed by atoms with E-state index in [0.717, 1.165) is 16.9 Å². The van der Waals surface area contributed by atoms with Crippen LogP contribution in [-0.2, 0) is 6.42 Å². The van der Waals surface area contributed by atoms with Gasteiger partial charge in [-0.2, -0.15) is 0 Å². The minimum atomic E-state index is -0.282. The molecule has 2 N–H and O–H groups in total. The van der Waals surface area contributed by atoms with Gasteiger partial charge in [-0.3, -0.25) is 0 Å². The van der Waals surface area contributed by atoms with Gasteiger partial charge in [0, 0.05) is 6.42 Å². The van der Waals surface area contributed by atoms with Gasteiger partial charge in [0.05, 0.1) is 11.0 Å². The molecular weight excluding hydrogens is 231 g/mol. The van der Waals surface area contributed by atoms with E-state index in [0.29, 0.717) is 11.9 Å². The lowest BCUT2D eigenvalue weighted by Crippen LogP contribution is -1.89. The summed E-state index contributed by atoms with van der Waals surface area (Å²) in [5.41, 5.74) is 2.38. The summed E-state index contributed by atoms with van der Waals surface area (Å²) in [7, 11) is 0. The van der Waals surface area contributed by atoms with Gasteiger partial charge in [-0.05, 0) is 35.9 Å². The minimum absolute atomic E-state index is 0.231. The second-order valence-corrected chi connectivity index (χ2v) is 4.19. The van der Waals surface area contributed by atoms with Crippen LogP contribution < -0.4 is 0 Å². The zero-order valence-electron chi connectivity index (χ0n) is 9.52. The van der Waals surface area contributed by atoms with Gasteiger partial charge in [-0.25, -0.2) is 9.37 Å². The maximum Gasteiger partial charge on any atom is 0.125 e. The largest absolute Gasteiger partial charge is 0.508 e. The van der Waals surface area contributed by atoms with Crippen LogP contribution in [0.25, 0.3) is 11.0 Å². The summed E-state index contributed by atoms with van der Waals surface area (Å²) in [6, 6.07) is 11.5. The van der Waals surface area contributed by atoms with E-state index in [1.165, 1.54) is 12.1 Å². The van der Waals surface area contributed by atoms with E-state index in [4.69, 9.17) is 0 Å². The normalized spacial score (nSPS) is 10.9. The van der Waals surface area contributed by atoms with Gasteiger partial charge in [0.1, 0.15) is 17.4 Å². The van der Waals surface area contributed by atoms with Gasteiger partial charge < -0.3 is 10.1 Å². The van der Waals surface area contributed by atoms with E-state index in [1.54, 1.807) is 24.3 Å². The summed E-state index contributed by atoms with van der Waals surface area (Å²) in [4.78, 5) is 7.45. The molecule has 0 saturated heterocycles. The number of aromatic nitrogens is 2. The van der Waals surface area contributed by atoms with Crippen LogP contribution in [0, 0.1) is 5.82 Å². The Labute approximate surface area is 103 Å². The molecule has 0 amide bonds. The number of aromatic amines is 1. The lowest BCUT2D eigenvalue weighted by Gasteiger charge is -1.98. The van der Waals surface area contributed by atoms with Gasteiger partial charge in [0.25, 0.3) is 0 Å². The fourth-order valence-corrected chi connectivity index (χ4v) is 1.98. The van der Waals surface area contributed by atoms with Crippen LogP contribution in [0.4, 0.5) is 4.39 Å². The van der Waals surface area contributed by atoms with Crippen molar-refractivity contribution in [2.45, 2.75) is 6.42 Å². The van der Waals surface area contributed by atoms with Crippen molar-refractivity contribution in [1.29, 1.82) is 0 Å². The lowest BCUT2D eigenvalue weighted by molar-refractivity contribution is 0.474. The summed E-state index contributed by atoms with van der Waals surface area (Å²) < 4.78 is 13.0. The molecule has 0 spiro atoms. The van der Waals surface area contributed by atoms with Crippen LogP contribution >= 0.6 is 0 Å². The van der Waals surface area contributed by atoms with Crippen LogP contribution in [0.5, 0.6) is 5.75 Å². The molecule has 1 heterocycles. The molecule has 2 aromatic carbocycles. The number of rotatable bonds is 2. The smallest absolute Gasteiger partial charge is 0.125 e. The topological polar surface area (TPSA) is 48.9 Å². The van der Waals surface area contributed by atoms with Crippen LogP contribution in [0.1, 0.15) is 11.4 Å². The lowest BCUT2D eigenvalue weighted by atomic mass is 10.1. The fourth-order valence-electron chi connectivity index (χ4n) is 1.98. The Balaban J connectivity index is 1.95. The van der Waals surface area contributed by atoms with Crippen LogP contribution in [-0.4, -0.2) is 15.1 Å². The molecular formula is C14H11FN2O. The molecule has 0 atom stereocenters. The van der Waals surface area contributed by atoms with Crippen molar-refractivity contribution in [3.05, 3.63) is 59.7 Å². The maximum atomic E-state index is 13.0. The number of nitrogens with one attached hydrogen (secondary N) is 1. The number of fused-ring (bicyclic) bond motifs is 1. The molecule has 0 saturated carbocycles. The van der Waals surface area contributed by atoms with Gasteiger partial charge in [-0.15, -0.1) is 0 Å². The highest BCUT2D eigenvalue weighted by molar-refractivity contribution is 5.75. The van der Waals surface area contributed by atoms with E-state index in [1.807, 2.05) is 6.07 Å². The van der Waals surface area contributed by atoms with Crippen LogP contribution in [0.3, 0.4) is 0 Å². The molecule has 3 rings (SSSR count). The average molecular weight is 242 g/mol. The van der Waals surface area contributed by atoms with Crippen molar-refractivity contribution >= 4 is 11.0 Å². The number of phenols is 1. The van der Waals surface area contributed by atoms with Crippen molar-refractivity contribution in [2.75, 3.05) is 0 Å². The molecule has 0 aliphatic carbocycles. The van der Waals surface area contributed by atoms with Crippen molar-refractivity contribution in [2.24, 2.45) is 0 Å². The number of hydrogen-bond acceptors (Lipinski definition) is 2. The standard InChI is InChI=1S/C14H11FN2O/c15-10-4-5-12-13(8-10)17-14(16-12)7-9-2-1-3-11(18)6-9/h1-6,8,18H,7H2,(H,16,17). The van der Waals surface area contributed by atoms with Crippen molar-refractivity contribution in [3.8, 4) is 5.75 Å². The average Bonchev–Trinajstić information content (AvgIpc) is 2.70. The fraction of sp³-hybridized carbons (Fsp3) is 0.0714. The van der Waals surface area contributed by atoms with E-state index in [2.05, 4.69) is 9.97 Å².